The quantitative estimate of drug-likeness (QED) is 0.872. The first kappa shape index (κ1) is 15.0. The molecule has 0 fully saturated rings. The number of hydrogen-bond acceptors (Lipinski definition) is 3. The molecule has 0 atom stereocenters. The van der Waals surface area contributed by atoms with Crippen LogP contribution in [-0.2, 0) is 0 Å². The van der Waals surface area contributed by atoms with Gasteiger partial charge in [-0.15, -0.1) is 0 Å². The molecular formula is C14H19N3O2. The van der Waals surface area contributed by atoms with Gasteiger partial charge in [-0.2, -0.15) is 5.26 Å². The second-order valence-corrected chi connectivity index (χ2v) is 4.95. The molecule has 1 aromatic carbocycles. The van der Waals surface area contributed by atoms with Crippen LogP contribution in [0.15, 0.2) is 24.3 Å². The van der Waals surface area contributed by atoms with Gasteiger partial charge in [-0.25, -0.2) is 4.79 Å². The lowest BCUT2D eigenvalue weighted by molar-refractivity contribution is 0.0501. The normalized spacial score (nSPS) is 10.7. The van der Waals surface area contributed by atoms with Crippen LogP contribution in [0.3, 0.4) is 0 Å². The molecule has 0 spiro atoms. The first-order chi connectivity index (χ1) is 8.85. The summed E-state index contributed by atoms with van der Waals surface area (Å²) in [4.78, 5) is 13.5. The van der Waals surface area contributed by atoms with Gasteiger partial charge in [-0.1, -0.05) is 0 Å². The Morgan fingerprint density at radius 2 is 2.00 bits per heavy atom. The van der Waals surface area contributed by atoms with Gasteiger partial charge in [0.05, 0.1) is 23.8 Å². The van der Waals surface area contributed by atoms with Crippen LogP contribution in [0, 0.1) is 11.3 Å². The van der Waals surface area contributed by atoms with Gasteiger partial charge in [-0.3, -0.25) is 0 Å². The number of carbonyl (C=O) groups is 1. The van der Waals surface area contributed by atoms with Gasteiger partial charge in [-0.05, 0) is 45.0 Å². The highest BCUT2D eigenvalue weighted by atomic mass is 16.3. The van der Waals surface area contributed by atoms with Gasteiger partial charge in [0, 0.05) is 12.2 Å². The Balaban J connectivity index is 2.69. The molecule has 0 heterocycles. The van der Waals surface area contributed by atoms with Crippen molar-refractivity contribution in [2.45, 2.75) is 26.4 Å². The molecule has 0 aromatic heterocycles. The second-order valence-electron chi connectivity index (χ2n) is 4.95. The number of amides is 2. The summed E-state index contributed by atoms with van der Waals surface area (Å²) in [5.41, 5.74) is 0.234. The summed E-state index contributed by atoms with van der Waals surface area (Å²) < 4.78 is 0. The molecule has 0 saturated carbocycles. The Morgan fingerprint density at radius 1 is 1.42 bits per heavy atom. The Labute approximate surface area is 113 Å². The summed E-state index contributed by atoms with van der Waals surface area (Å²) in [7, 11) is 0. The topological polar surface area (TPSA) is 76.4 Å². The molecule has 0 aliphatic heterocycles. The maximum Gasteiger partial charge on any atom is 0.321 e. The van der Waals surface area contributed by atoms with E-state index in [2.05, 4.69) is 5.32 Å². The molecule has 5 nitrogen and oxygen atoms in total. The molecule has 1 aromatic rings. The molecule has 0 bridgehead atoms. The molecule has 5 heteroatoms. The van der Waals surface area contributed by atoms with E-state index in [1.165, 1.54) is 4.90 Å². The van der Waals surface area contributed by atoms with E-state index < -0.39 is 5.60 Å². The van der Waals surface area contributed by atoms with Crippen molar-refractivity contribution in [2.24, 2.45) is 0 Å². The fourth-order valence-electron chi connectivity index (χ4n) is 1.62. The van der Waals surface area contributed by atoms with Crippen LogP contribution in [0.4, 0.5) is 10.5 Å². The van der Waals surface area contributed by atoms with Gasteiger partial charge in [0.2, 0.25) is 0 Å². The number of nitriles is 1. The molecule has 2 amide bonds. The van der Waals surface area contributed by atoms with Crippen molar-refractivity contribution in [3.05, 3.63) is 29.8 Å². The van der Waals surface area contributed by atoms with Crippen LogP contribution in [0.1, 0.15) is 26.3 Å². The predicted molar refractivity (Wildman–Crippen MR) is 73.7 cm³/mol. The highest BCUT2D eigenvalue weighted by Crippen LogP contribution is 2.11. The highest BCUT2D eigenvalue weighted by Gasteiger charge is 2.21. The summed E-state index contributed by atoms with van der Waals surface area (Å²) in [5, 5.41) is 21.2. The van der Waals surface area contributed by atoms with Crippen LogP contribution >= 0.6 is 0 Å². The number of aliphatic hydroxyl groups is 1. The van der Waals surface area contributed by atoms with Crippen molar-refractivity contribution >= 4 is 11.7 Å². The highest BCUT2D eigenvalue weighted by molar-refractivity contribution is 5.89. The third-order valence-corrected chi connectivity index (χ3v) is 2.51. The first-order valence-electron chi connectivity index (χ1n) is 6.14. The van der Waals surface area contributed by atoms with Crippen molar-refractivity contribution in [2.75, 3.05) is 18.4 Å². The van der Waals surface area contributed by atoms with E-state index in [0.717, 1.165) is 0 Å². The van der Waals surface area contributed by atoms with Crippen molar-refractivity contribution < 1.29 is 9.90 Å². The lowest BCUT2D eigenvalue weighted by Gasteiger charge is -2.28. The molecule has 0 aliphatic rings. The van der Waals surface area contributed by atoms with Crippen LogP contribution in [0.25, 0.3) is 0 Å². The molecular weight excluding hydrogens is 242 g/mol. The monoisotopic (exact) mass is 261 g/mol. The molecule has 0 unspecified atom stereocenters. The summed E-state index contributed by atoms with van der Waals surface area (Å²) in [6.07, 6.45) is 0. The van der Waals surface area contributed by atoms with Crippen molar-refractivity contribution in [1.29, 1.82) is 5.26 Å². The van der Waals surface area contributed by atoms with E-state index in [-0.39, 0.29) is 12.6 Å². The molecule has 2 N–H and O–H groups in total. The van der Waals surface area contributed by atoms with E-state index >= 15 is 0 Å². The van der Waals surface area contributed by atoms with Crippen LogP contribution < -0.4 is 5.32 Å². The molecule has 0 saturated heterocycles. The van der Waals surface area contributed by atoms with Gasteiger partial charge < -0.3 is 15.3 Å². The molecule has 102 valence electrons. The minimum atomic E-state index is -0.933. The number of nitrogens with one attached hydrogen (secondary N) is 1. The molecule has 1 rings (SSSR count). The molecule has 0 aliphatic carbocycles. The second kappa shape index (κ2) is 6.21. The van der Waals surface area contributed by atoms with E-state index in [1.54, 1.807) is 38.1 Å². The van der Waals surface area contributed by atoms with E-state index in [0.29, 0.717) is 17.8 Å². The summed E-state index contributed by atoms with van der Waals surface area (Å²) in [6, 6.07) is 8.38. The van der Waals surface area contributed by atoms with Gasteiger partial charge in [0.25, 0.3) is 0 Å². The molecule has 0 radical (unpaired) electrons. The lowest BCUT2D eigenvalue weighted by atomic mass is 10.1. The summed E-state index contributed by atoms with van der Waals surface area (Å²) in [5.74, 6) is 0. The third kappa shape index (κ3) is 4.98. The van der Waals surface area contributed by atoms with Crippen molar-refractivity contribution in [3.63, 3.8) is 0 Å². The van der Waals surface area contributed by atoms with E-state index in [1.807, 2.05) is 13.0 Å². The number of carbonyl (C=O) groups excluding carboxylic acids is 1. The third-order valence-electron chi connectivity index (χ3n) is 2.51. The molecule has 19 heavy (non-hydrogen) atoms. The number of rotatable bonds is 4. The number of urea groups is 1. The first-order valence-corrected chi connectivity index (χ1v) is 6.14. The van der Waals surface area contributed by atoms with Gasteiger partial charge in [0.1, 0.15) is 0 Å². The largest absolute Gasteiger partial charge is 0.389 e. The Kier molecular flexibility index (Phi) is 4.90. The lowest BCUT2D eigenvalue weighted by Crippen LogP contribution is -2.44. The maximum absolute atomic E-state index is 12.0. The zero-order valence-electron chi connectivity index (χ0n) is 11.5. The minimum absolute atomic E-state index is 0.256. The fourth-order valence-corrected chi connectivity index (χ4v) is 1.62. The number of anilines is 1. The number of benzene rings is 1. The summed E-state index contributed by atoms with van der Waals surface area (Å²) >= 11 is 0. The SMILES string of the molecule is CCN(CC(C)(C)O)C(=O)Nc1ccc(C#N)cc1. The Bertz CT molecular complexity index is 469. The summed E-state index contributed by atoms with van der Waals surface area (Å²) in [6.45, 7) is 5.93. The van der Waals surface area contributed by atoms with Gasteiger partial charge >= 0.3 is 6.03 Å². The average molecular weight is 261 g/mol. The van der Waals surface area contributed by atoms with Gasteiger partial charge in [0.15, 0.2) is 0 Å². The van der Waals surface area contributed by atoms with Crippen LogP contribution in [0.2, 0.25) is 0 Å². The smallest absolute Gasteiger partial charge is 0.321 e. The minimum Gasteiger partial charge on any atom is -0.389 e. The Morgan fingerprint density at radius 3 is 2.42 bits per heavy atom. The number of hydrogen-bond donors (Lipinski definition) is 2. The average Bonchev–Trinajstić information content (AvgIpc) is 2.35. The van der Waals surface area contributed by atoms with Crippen molar-refractivity contribution in [1.82, 2.24) is 4.90 Å². The fraction of sp³-hybridized carbons (Fsp3) is 0.429. The van der Waals surface area contributed by atoms with E-state index in [9.17, 15) is 9.90 Å². The zero-order valence-corrected chi connectivity index (χ0v) is 11.5. The number of likely N-dealkylation sites (N-methyl/N-ethyl adjacent to an activating group) is 1. The standard InChI is InChI=1S/C14H19N3O2/c1-4-17(10-14(2,3)19)13(18)16-12-7-5-11(9-15)6-8-12/h5-8,19H,4,10H2,1-3H3,(H,16,18). The predicted octanol–water partition coefficient (Wildman–Crippen LogP) is 2.18. The number of nitrogens with zero attached hydrogens (tertiary/aromatic N) is 2. The zero-order chi connectivity index (χ0) is 14.5. The Hall–Kier alpha value is -2.06. The maximum atomic E-state index is 12.0. The van der Waals surface area contributed by atoms with E-state index in [4.69, 9.17) is 5.26 Å². The van der Waals surface area contributed by atoms with Crippen LogP contribution in [-0.4, -0.2) is 34.7 Å². The van der Waals surface area contributed by atoms with Crippen molar-refractivity contribution in [3.8, 4) is 6.07 Å². The van der Waals surface area contributed by atoms with Crippen LogP contribution in [0.5, 0.6) is 0 Å².